The summed E-state index contributed by atoms with van der Waals surface area (Å²) in [4.78, 5) is 35.1. The van der Waals surface area contributed by atoms with Crippen LogP contribution in [0.4, 0.5) is 0 Å². The number of nitrogens with zero attached hydrogens (tertiary/aromatic N) is 4. The topological polar surface area (TPSA) is 82.2 Å². The Balaban J connectivity index is 1.16. The first kappa shape index (κ1) is 18.8. The Morgan fingerprint density at radius 2 is 1.86 bits per heavy atom. The predicted octanol–water partition coefficient (Wildman–Crippen LogP) is 3.00. The molecular weight excluding hydrogens is 386 g/mol. The van der Waals surface area contributed by atoms with Gasteiger partial charge in [0.1, 0.15) is 5.82 Å². The van der Waals surface area contributed by atoms with Crippen molar-refractivity contribution >= 4 is 23.2 Å². The van der Waals surface area contributed by atoms with Gasteiger partial charge in [0.25, 0.3) is 5.91 Å². The number of aromatic nitrogens is 3. The number of carbonyl (C=O) groups excluding carboxylic acids is 2. The average Bonchev–Trinajstić information content (AvgIpc) is 3.26. The lowest BCUT2D eigenvalue weighted by Crippen LogP contribution is -2.48. The van der Waals surface area contributed by atoms with Gasteiger partial charge in [-0.3, -0.25) is 14.7 Å². The molecule has 2 amide bonds. The summed E-state index contributed by atoms with van der Waals surface area (Å²) >= 11 is 1.47. The Hall–Kier alpha value is -2.22. The summed E-state index contributed by atoms with van der Waals surface area (Å²) in [5.41, 5.74) is 0. The van der Waals surface area contributed by atoms with Crippen molar-refractivity contribution in [2.75, 3.05) is 26.2 Å². The summed E-state index contributed by atoms with van der Waals surface area (Å²) in [6.45, 7) is 2.82. The highest BCUT2D eigenvalue weighted by molar-refractivity contribution is 7.12. The van der Waals surface area contributed by atoms with Gasteiger partial charge in [0.05, 0.1) is 10.8 Å². The molecule has 154 valence electrons. The number of hydrogen-bond acceptors (Lipinski definition) is 5. The van der Waals surface area contributed by atoms with Gasteiger partial charge >= 0.3 is 0 Å². The molecule has 2 aromatic rings. The number of likely N-dealkylation sites (tertiary alicyclic amines) is 2. The molecule has 0 radical (unpaired) electrons. The maximum absolute atomic E-state index is 13.1. The van der Waals surface area contributed by atoms with Crippen LogP contribution in [0.3, 0.4) is 0 Å². The van der Waals surface area contributed by atoms with Crippen molar-refractivity contribution in [2.24, 2.45) is 5.92 Å². The van der Waals surface area contributed by atoms with Crippen LogP contribution in [-0.4, -0.2) is 63.0 Å². The molecule has 0 bridgehead atoms. The molecule has 1 N–H and O–H groups in total. The van der Waals surface area contributed by atoms with Crippen LogP contribution in [0.2, 0.25) is 0 Å². The first-order valence-corrected chi connectivity index (χ1v) is 11.6. The van der Waals surface area contributed by atoms with Gasteiger partial charge < -0.3 is 9.80 Å². The number of carbonyl (C=O) groups is 2. The summed E-state index contributed by atoms with van der Waals surface area (Å²) in [7, 11) is 0. The van der Waals surface area contributed by atoms with Gasteiger partial charge in [0, 0.05) is 38.0 Å². The number of thiophene rings is 1. The second-order valence-corrected chi connectivity index (χ2v) is 9.47. The molecule has 4 heterocycles. The van der Waals surface area contributed by atoms with Crippen molar-refractivity contribution in [3.05, 3.63) is 34.0 Å². The van der Waals surface area contributed by atoms with Crippen LogP contribution in [0.5, 0.6) is 0 Å². The molecule has 0 spiro atoms. The molecule has 3 aliphatic rings. The highest BCUT2D eigenvalue weighted by Gasteiger charge is 2.35. The van der Waals surface area contributed by atoms with Crippen LogP contribution < -0.4 is 0 Å². The SMILES string of the molecule is O=C(c1cccs1)N1CCCC(C(=O)N2CCC(c3nc(C4CC4)n[nH]3)CC2)C1. The molecule has 3 fully saturated rings. The lowest BCUT2D eigenvalue weighted by atomic mass is 9.92. The Bertz CT molecular complexity index is 868. The third kappa shape index (κ3) is 3.95. The first-order chi connectivity index (χ1) is 14.2. The maximum Gasteiger partial charge on any atom is 0.263 e. The second kappa shape index (κ2) is 7.89. The van der Waals surface area contributed by atoms with Crippen LogP contribution in [0.15, 0.2) is 17.5 Å². The zero-order valence-electron chi connectivity index (χ0n) is 16.5. The smallest absolute Gasteiger partial charge is 0.263 e. The van der Waals surface area contributed by atoms with E-state index in [4.69, 9.17) is 4.98 Å². The highest BCUT2D eigenvalue weighted by atomic mass is 32.1. The third-order valence-corrected chi connectivity index (χ3v) is 7.30. The lowest BCUT2D eigenvalue weighted by Gasteiger charge is -2.37. The molecular formula is C21H27N5O2S. The molecule has 2 aliphatic heterocycles. The zero-order valence-corrected chi connectivity index (χ0v) is 17.4. The number of rotatable bonds is 4. The quantitative estimate of drug-likeness (QED) is 0.835. The number of amides is 2. The van der Waals surface area contributed by atoms with E-state index < -0.39 is 0 Å². The minimum absolute atomic E-state index is 0.0630. The summed E-state index contributed by atoms with van der Waals surface area (Å²) in [5, 5.41) is 9.42. The molecule has 8 heteroatoms. The maximum atomic E-state index is 13.1. The van der Waals surface area contributed by atoms with Gasteiger partial charge in [-0.2, -0.15) is 5.10 Å². The standard InChI is InChI=1S/C21H27N5O2S/c27-20(16-3-1-9-26(13-16)21(28)17-4-2-12-29-17)25-10-7-15(8-11-25)19-22-18(23-24-19)14-5-6-14/h2,4,12,14-16H,1,3,5-11,13H2,(H,22,23,24). The molecule has 1 saturated carbocycles. The molecule has 1 unspecified atom stereocenters. The molecule has 7 nitrogen and oxygen atoms in total. The van der Waals surface area contributed by atoms with Crippen molar-refractivity contribution in [3.8, 4) is 0 Å². The van der Waals surface area contributed by atoms with E-state index in [1.54, 1.807) is 0 Å². The summed E-state index contributed by atoms with van der Waals surface area (Å²) in [6, 6.07) is 3.76. The van der Waals surface area contributed by atoms with Crippen LogP contribution in [0.1, 0.15) is 71.7 Å². The summed E-state index contributed by atoms with van der Waals surface area (Å²) < 4.78 is 0. The van der Waals surface area contributed by atoms with Crippen molar-refractivity contribution in [1.82, 2.24) is 25.0 Å². The number of piperidine rings is 2. The fourth-order valence-electron chi connectivity index (χ4n) is 4.55. The number of aromatic amines is 1. The summed E-state index contributed by atoms with van der Waals surface area (Å²) in [5.74, 6) is 3.09. The van der Waals surface area contributed by atoms with Gasteiger partial charge in [-0.15, -0.1) is 11.3 Å². The van der Waals surface area contributed by atoms with Crippen LogP contribution >= 0.6 is 11.3 Å². The second-order valence-electron chi connectivity index (χ2n) is 8.52. The van der Waals surface area contributed by atoms with E-state index in [-0.39, 0.29) is 17.7 Å². The summed E-state index contributed by atoms with van der Waals surface area (Å²) in [6.07, 6.45) is 6.03. The van der Waals surface area contributed by atoms with Gasteiger partial charge in [-0.1, -0.05) is 6.07 Å². The first-order valence-electron chi connectivity index (χ1n) is 10.7. The molecule has 2 saturated heterocycles. The minimum atomic E-state index is -0.0732. The predicted molar refractivity (Wildman–Crippen MR) is 110 cm³/mol. The Kier molecular flexibility index (Phi) is 5.11. The third-order valence-electron chi connectivity index (χ3n) is 6.45. The van der Waals surface area contributed by atoms with Crippen molar-refractivity contribution in [3.63, 3.8) is 0 Å². The molecule has 0 aromatic carbocycles. The van der Waals surface area contributed by atoms with Crippen molar-refractivity contribution in [1.29, 1.82) is 0 Å². The number of nitrogens with one attached hydrogen (secondary N) is 1. The van der Waals surface area contributed by atoms with E-state index in [2.05, 4.69) is 10.2 Å². The van der Waals surface area contributed by atoms with Crippen molar-refractivity contribution in [2.45, 2.75) is 50.4 Å². The Morgan fingerprint density at radius 1 is 1.03 bits per heavy atom. The van der Waals surface area contributed by atoms with Gasteiger partial charge in [0.15, 0.2) is 5.82 Å². The number of hydrogen-bond donors (Lipinski definition) is 1. The molecule has 1 aliphatic carbocycles. The minimum Gasteiger partial charge on any atom is -0.342 e. The fraction of sp³-hybridized carbons (Fsp3) is 0.619. The van der Waals surface area contributed by atoms with E-state index in [1.807, 2.05) is 27.3 Å². The van der Waals surface area contributed by atoms with E-state index >= 15 is 0 Å². The van der Waals surface area contributed by atoms with E-state index in [1.165, 1.54) is 24.2 Å². The van der Waals surface area contributed by atoms with Gasteiger partial charge in [-0.25, -0.2) is 4.98 Å². The van der Waals surface area contributed by atoms with Gasteiger partial charge in [0.2, 0.25) is 5.91 Å². The average molecular weight is 414 g/mol. The van der Waals surface area contributed by atoms with Crippen LogP contribution in [0.25, 0.3) is 0 Å². The normalized spacial score (nSPS) is 23.4. The monoisotopic (exact) mass is 413 g/mol. The van der Waals surface area contributed by atoms with Crippen LogP contribution in [0, 0.1) is 5.92 Å². The lowest BCUT2D eigenvalue weighted by molar-refractivity contribution is -0.138. The molecule has 1 atom stereocenters. The van der Waals surface area contributed by atoms with Crippen LogP contribution in [-0.2, 0) is 4.79 Å². The van der Waals surface area contributed by atoms with E-state index in [0.717, 1.165) is 61.8 Å². The Morgan fingerprint density at radius 3 is 2.59 bits per heavy atom. The molecule has 5 rings (SSSR count). The van der Waals surface area contributed by atoms with E-state index in [9.17, 15) is 9.59 Å². The molecule has 2 aromatic heterocycles. The zero-order chi connectivity index (χ0) is 19.8. The number of H-pyrrole nitrogens is 1. The highest BCUT2D eigenvalue weighted by Crippen LogP contribution is 2.38. The molecule has 29 heavy (non-hydrogen) atoms. The fourth-order valence-corrected chi connectivity index (χ4v) is 5.24. The van der Waals surface area contributed by atoms with E-state index in [0.29, 0.717) is 18.4 Å². The largest absolute Gasteiger partial charge is 0.342 e. The Labute approximate surface area is 174 Å². The van der Waals surface area contributed by atoms with Crippen molar-refractivity contribution < 1.29 is 9.59 Å². The van der Waals surface area contributed by atoms with Gasteiger partial charge in [-0.05, 0) is 50.0 Å².